The van der Waals surface area contributed by atoms with Crippen molar-refractivity contribution in [1.82, 2.24) is 0 Å². The minimum absolute atomic E-state index is 0.313. The Hall–Kier alpha value is -1.10. The summed E-state index contributed by atoms with van der Waals surface area (Å²) in [4.78, 5) is 11.8. The first-order valence-corrected chi connectivity index (χ1v) is 6.26. The van der Waals surface area contributed by atoms with Gasteiger partial charge in [0, 0.05) is 10.6 Å². The Balaban J connectivity index is 2.23. The third kappa shape index (κ3) is 2.83. The van der Waals surface area contributed by atoms with Gasteiger partial charge in [-0.2, -0.15) is 0 Å². The predicted octanol–water partition coefficient (Wildman–Crippen LogP) is 2.36. The molecule has 1 fully saturated rings. The average Bonchev–Trinajstić information content (AvgIpc) is 2.40. The van der Waals surface area contributed by atoms with Crippen molar-refractivity contribution in [3.63, 3.8) is 0 Å². The maximum Gasteiger partial charge on any atom is 0.338 e. The van der Waals surface area contributed by atoms with Crippen molar-refractivity contribution in [3.8, 4) is 0 Å². The zero-order valence-electron chi connectivity index (χ0n) is 10.1. The Morgan fingerprint density at radius 3 is 2.83 bits per heavy atom. The van der Waals surface area contributed by atoms with E-state index in [0.717, 1.165) is 5.56 Å². The number of rotatable bonds is 3. The molecule has 2 atom stereocenters. The molecule has 0 radical (unpaired) electrons. The molecule has 0 aromatic heterocycles. The van der Waals surface area contributed by atoms with E-state index >= 15 is 0 Å². The molecule has 0 amide bonds. The highest BCUT2D eigenvalue weighted by atomic mass is 35.5. The molecule has 0 aliphatic carbocycles. The van der Waals surface area contributed by atoms with Crippen LogP contribution in [0.2, 0.25) is 5.02 Å². The standard InChI is InChI=1S/C13H15ClO4/c1-2-16-13(15)12-11(17-7-8-18-12)9-5-3-4-6-10(9)14/h3-6,11-12H,2,7-8H2,1H3. The van der Waals surface area contributed by atoms with E-state index in [2.05, 4.69) is 0 Å². The predicted molar refractivity (Wildman–Crippen MR) is 66.5 cm³/mol. The van der Waals surface area contributed by atoms with Crippen molar-refractivity contribution in [1.29, 1.82) is 0 Å². The van der Waals surface area contributed by atoms with Crippen LogP contribution in [-0.2, 0) is 19.0 Å². The number of carbonyl (C=O) groups is 1. The van der Waals surface area contributed by atoms with E-state index in [9.17, 15) is 4.79 Å². The second-order valence-corrected chi connectivity index (χ2v) is 4.26. The zero-order chi connectivity index (χ0) is 13.0. The zero-order valence-corrected chi connectivity index (χ0v) is 10.9. The summed E-state index contributed by atoms with van der Waals surface area (Å²) in [5.74, 6) is -0.415. The van der Waals surface area contributed by atoms with Gasteiger partial charge in [-0.25, -0.2) is 4.79 Å². The highest BCUT2D eigenvalue weighted by Crippen LogP contribution is 2.32. The minimum Gasteiger partial charge on any atom is -0.464 e. The van der Waals surface area contributed by atoms with Gasteiger partial charge in [-0.15, -0.1) is 0 Å². The largest absolute Gasteiger partial charge is 0.464 e. The summed E-state index contributed by atoms with van der Waals surface area (Å²) >= 11 is 6.12. The summed E-state index contributed by atoms with van der Waals surface area (Å²) in [6.07, 6.45) is -1.26. The molecule has 18 heavy (non-hydrogen) atoms. The van der Waals surface area contributed by atoms with Crippen LogP contribution >= 0.6 is 11.6 Å². The van der Waals surface area contributed by atoms with Gasteiger partial charge in [0.1, 0.15) is 6.10 Å². The Kier molecular flexibility index (Phi) is 4.58. The molecule has 98 valence electrons. The van der Waals surface area contributed by atoms with E-state index in [4.69, 9.17) is 25.8 Å². The summed E-state index contributed by atoms with van der Waals surface area (Å²) < 4.78 is 16.1. The Morgan fingerprint density at radius 2 is 2.11 bits per heavy atom. The van der Waals surface area contributed by atoms with Crippen LogP contribution in [0.5, 0.6) is 0 Å². The van der Waals surface area contributed by atoms with Crippen molar-refractivity contribution in [2.24, 2.45) is 0 Å². The Bertz CT molecular complexity index is 421. The lowest BCUT2D eigenvalue weighted by atomic mass is 10.0. The molecule has 2 rings (SSSR count). The van der Waals surface area contributed by atoms with E-state index in [1.165, 1.54) is 0 Å². The van der Waals surface area contributed by atoms with Gasteiger partial charge in [-0.05, 0) is 13.0 Å². The van der Waals surface area contributed by atoms with Crippen LogP contribution in [0.3, 0.4) is 0 Å². The molecule has 1 saturated heterocycles. The maximum atomic E-state index is 11.8. The molecule has 2 unspecified atom stereocenters. The van der Waals surface area contributed by atoms with E-state index in [0.29, 0.717) is 24.8 Å². The first-order chi connectivity index (χ1) is 8.74. The molecule has 0 spiro atoms. The van der Waals surface area contributed by atoms with E-state index in [1.807, 2.05) is 18.2 Å². The molecule has 1 aromatic rings. The van der Waals surface area contributed by atoms with Crippen molar-refractivity contribution in [3.05, 3.63) is 34.9 Å². The molecule has 1 aromatic carbocycles. The van der Waals surface area contributed by atoms with Gasteiger partial charge in [0.2, 0.25) is 0 Å². The molecular formula is C13H15ClO4. The topological polar surface area (TPSA) is 44.8 Å². The number of hydrogen-bond acceptors (Lipinski definition) is 4. The Morgan fingerprint density at radius 1 is 1.39 bits per heavy atom. The van der Waals surface area contributed by atoms with Crippen LogP contribution in [0.15, 0.2) is 24.3 Å². The van der Waals surface area contributed by atoms with Crippen molar-refractivity contribution < 1.29 is 19.0 Å². The van der Waals surface area contributed by atoms with Gasteiger partial charge in [0.25, 0.3) is 0 Å². The second-order valence-electron chi connectivity index (χ2n) is 3.86. The molecule has 5 heteroatoms. The summed E-state index contributed by atoms with van der Waals surface area (Å²) in [6.45, 7) is 2.89. The van der Waals surface area contributed by atoms with Crippen LogP contribution < -0.4 is 0 Å². The van der Waals surface area contributed by atoms with Crippen LogP contribution in [-0.4, -0.2) is 31.9 Å². The van der Waals surface area contributed by atoms with Crippen LogP contribution in [0.1, 0.15) is 18.6 Å². The monoisotopic (exact) mass is 270 g/mol. The van der Waals surface area contributed by atoms with E-state index in [-0.39, 0.29) is 0 Å². The fourth-order valence-corrected chi connectivity index (χ4v) is 2.14. The molecule has 1 aliphatic heterocycles. The van der Waals surface area contributed by atoms with Gasteiger partial charge in [0.15, 0.2) is 6.10 Å². The lowest BCUT2D eigenvalue weighted by Gasteiger charge is -2.31. The Labute approximate surface area is 111 Å². The van der Waals surface area contributed by atoms with Crippen molar-refractivity contribution in [2.45, 2.75) is 19.1 Å². The number of benzene rings is 1. The second kappa shape index (κ2) is 6.18. The normalized spacial score (nSPS) is 23.7. The van der Waals surface area contributed by atoms with Crippen LogP contribution in [0, 0.1) is 0 Å². The van der Waals surface area contributed by atoms with E-state index in [1.54, 1.807) is 13.0 Å². The highest BCUT2D eigenvalue weighted by molar-refractivity contribution is 6.31. The fourth-order valence-electron chi connectivity index (χ4n) is 1.90. The van der Waals surface area contributed by atoms with Gasteiger partial charge in [-0.3, -0.25) is 0 Å². The smallest absolute Gasteiger partial charge is 0.338 e. The quantitative estimate of drug-likeness (QED) is 0.791. The van der Waals surface area contributed by atoms with Gasteiger partial charge in [-0.1, -0.05) is 29.8 Å². The van der Waals surface area contributed by atoms with Gasteiger partial charge in [0.05, 0.1) is 19.8 Å². The molecule has 0 saturated carbocycles. The maximum absolute atomic E-state index is 11.8. The average molecular weight is 271 g/mol. The summed E-state index contributed by atoms with van der Waals surface area (Å²) in [6, 6.07) is 7.27. The summed E-state index contributed by atoms with van der Waals surface area (Å²) in [5.41, 5.74) is 0.747. The third-order valence-electron chi connectivity index (χ3n) is 2.68. The SMILES string of the molecule is CCOC(=O)C1OCCOC1c1ccccc1Cl. The molecule has 1 heterocycles. The fraction of sp³-hybridized carbons (Fsp3) is 0.462. The third-order valence-corrected chi connectivity index (χ3v) is 3.03. The van der Waals surface area contributed by atoms with Gasteiger partial charge >= 0.3 is 5.97 Å². The number of ether oxygens (including phenoxy) is 3. The lowest BCUT2D eigenvalue weighted by molar-refractivity contribution is -0.186. The molecule has 0 N–H and O–H groups in total. The number of esters is 1. The molecule has 0 bridgehead atoms. The van der Waals surface area contributed by atoms with Crippen LogP contribution in [0.4, 0.5) is 0 Å². The van der Waals surface area contributed by atoms with Gasteiger partial charge < -0.3 is 14.2 Å². The summed E-state index contributed by atoms with van der Waals surface area (Å²) in [7, 11) is 0. The number of halogens is 1. The highest BCUT2D eigenvalue weighted by Gasteiger charge is 2.36. The van der Waals surface area contributed by atoms with Crippen molar-refractivity contribution >= 4 is 17.6 Å². The minimum atomic E-state index is -0.751. The lowest BCUT2D eigenvalue weighted by Crippen LogP contribution is -2.39. The van der Waals surface area contributed by atoms with Crippen molar-refractivity contribution in [2.75, 3.05) is 19.8 Å². The number of carbonyl (C=O) groups excluding carboxylic acids is 1. The molecular weight excluding hydrogens is 256 g/mol. The first kappa shape index (κ1) is 13.3. The molecule has 1 aliphatic rings. The summed E-state index contributed by atoms with van der Waals surface area (Å²) in [5, 5.41) is 0.558. The number of hydrogen-bond donors (Lipinski definition) is 0. The van der Waals surface area contributed by atoms with Crippen LogP contribution in [0.25, 0.3) is 0 Å². The van der Waals surface area contributed by atoms with E-state index < -0.39 is 18.2 Å². The molecule has 4 nitrogen and oxygen atoms in total. The first-order valence-electron chi connectivity index (χ1n) is 5.88.